The zero-order valence-corrected chi connectivity index (χ0v) is 6.89. The Hall–Kier alpha value is -0.560. The van der Waals surface area contributed by atoms with E-state index in [4.69, 9.17) is 5.73 Å². The summed E-state index contributed by atoms with van der Waals surface area (Å²) in [7, 11) is 0. The summed E-state index contributed by atoms with van der Waals surface area (Å²) < 4.78 is 0. The number of hydrogen-bond donors (Lipinski definition) is 1. The average molecular weight is 137 g/mol. The number of allylic oxidation sites excluding steroid dienone is 2. The van der Waals surface area contributed by atoms with Gasteiger partial charge in [0.25, 0.3) is 0 Å². The maximum atomic E-state index is 5.88. The fourth-order valence-electron chi connectivity index (χ4n) is 1.01. The minimum Gasteiger partial charge on any atom is -0.324 e. The van der Waals surface area contributed by atoms with Crippen LogP contribution in [0.3, 0.4) is 0 Å². The Bertz CT molecular complexity index is 187. The molecule has 0 saturated heterocycles. The summed E-state index contributed by atoms with van der Waals surface area (Å²) in [5, 5.41) is 0. The topological polar surface area (TPSA) is 26.0 Å². The molecular formula is C9H15N. The van der Waals surface area contributed by atoms with Gasteiger partial charge in [-0.15, -0.1) is 0 Å². The van der Waals surface area contributed by atoms with E-state index in [1.54, 1.807) is 0 Å². The van der Waals surface area contributed by atoms with E-state index in [2.05, 4.69) is 39.0 Å². The quantitative estimate of drug-likeness (QED) is 0.542. The Kier molecular flexibility index (Phi) is 1.69. The second-order valence-electron chi connectivity index (χ2n) is 3.59. The van der Waals surface area contributed by atoms with E-state index in [0.717, 1.165) is 0 Å². The van der Waals surface area contributed by atoms with Crippen molar-refractivity contribution >= 4 is 0 Å². The Morgan fingerprint density at radius 2 is 2.10 bits per heavy atom. The average Bonchev–Trinajstić information content (AvgIpc) is 1.81. The standard InChI is InChI=1S/C9H15N/c1-7-4-5-9(2,3)8(10)6-7/h4-6,8H,10H2,1-3H3. The van der Waals surface area contributed by atoms with Gasteiger partial charge in [-0.05, 0) is 6.92 Å². The summed E-state index contributed by atoms with van der Waals surface area (Å²) in [6, 6.07) is 0.178. The molecule has 0 fully saturated rings. The highest BCUT2D eigenvalue weighted by Crippen LogP contribution is 2.26. The Morgan fingerprint density at radius 1 is 1.50 bits per heavy atom. The molecule has 1 heteroatoms. The van der Waals surface area contributed by atoms with Crippen LogP contribution in [0.1, 0.15) is 20.8 Å². The second kappa shape index (κ2) is 2.24. The molecule has 1 aliphatic rings. The van der Waals surface area contributed by atoms with Crippen LogP contribution in [0.2, 0.25) is 0 Å². The molecule has 0 amide bonds. The maximum absolute atomic E-state index is 5.88. The fraction of sp³-hybridized carbons (Fsp3) is 0.556. The van der Waals surface area contributed by atoms with Gasteiger partial charge >= 0.3 is 0 Å². The van der Waals surface area contributed by atoms with Crippen LogP contribution in [0.25, 0.3) is 0 Å². The summed E-state index contributed by atoms with van der Waals surface area (Å²) in [6.07, 6.45) is 6.41. The van der Waals surface area contributed by atoms with E-state index < -0.39 is 0 Å². The Morgan fingerprint density at radius 3 is 2.50 bits per heavy atom. The normalized spacial score (nSPS) is 30.0. The first-order chi connectivity index (χ1) is 4.52. The summed E-state index contributed by atoms with van der Waals surface area (Å²) in [6.45, 7) is 6.37. The number of hydrogen-bond acceptors (Lipinski definition) is 1. The largest absolute Gasteiger partial charge is 0.324 e. The van der Waals surface area contributed by atoms with Crippen LogP contribution in [0, 0.1) is 5.41 Å². The van der Waals surface area contributed by atoms with Crippen molar-refractivity contribution in [3.05, 3.63) is 23.8 Å². The molecular weight excluding hydrogens is 122 g/mol. The molecule has 1 atom stereocenters. The van der Waals surface area contributed by atoms with Gasteiger partial charge in [0.1, 0.15) is 0 Å². The highest BCUT2D eigenvalue weighted by Gasteiger charge is 2.23. The van der Waals surface area contributed by atoms with Gasteiger partial charge in [-0.1, -0.05) is 37.6 Å². The Balaban J connectivity index is 2.84. The first-order valence-corrected chi connectivity index (χ1v) is 3.65. The van der Waals surface area contributed by atoms with Gasteiger partial charge in [-0.3, -0.25) is 0 Å². The zero-order chi connectivity index (χ0) is 7.78. The monoisotopic (exact) mass is 137 g/mol. The highest BCUT2D eigenvalue weighted by atomic mass is 14.7. The third-order valence-electron chi connectivity index (χ3n) is 2.08. The molecule has 0 spiro atoms. The molecule has 0 aliphatic heterocycles. The summed E-state index contributed by atoms with van der Waals surface area (Å²) in [5.41, 5.74) is 7.28. The SMILES string of the molecule is CC1=CC(N)C(C)(C)C=C1. The van der Waals surface area contributed by atoms with Crippen molar-refractivity contribution in [3.63, 3.8) is 0 Å². The van der Waals surface area contributed by atoms with E-state index in [1.165, 1.54) is 5.57 Å². The molecule has 10 heavy (non-hydrogen) atoms. The molecule has 0 radical (unpaired) electrons. The van der Waals surface area contributed by atoms with Crippen molar-refractivity contribution in [1.82, 2.24) is 0 Å². The van der Waals surface area contributed by atoms with E-state index in [9.17, 15) is 0 Å². The second-order valence-corrected chi connectivity index (χ2v) is 3.59. The van der Waals surface area contributed by atoms with Crippen LogP contribution in [0.5, 0.6) is 0 Å². The van der Waals surface area contributed by atoms with Crippen molar-refractivity contribution in [2.45, 2.75) is 26.8 Å². The van der Waals surface area contributed by atoms with Crippen molar-refractivity contribution in [3.8, 4) is 0 Å². The molecule has 1 unspecified atom stereocenters. The molecule has 0 aromatic carbocycles. The van der Waals surface area contributed by atoms with Crippen molar-refractivity contribution in [2.24, 2.45) is 11.1 Å². The highest BCUT2D eigenvalue weighted by molar-refractivity contribution is 5.27. The molecule has 1 rings (SSSR count). The van der Waals surface area contributed by atoms with Gasteiger partial charge in [0.05, 0.1) is 0 Å². The Labute approximate surface area is 62.6 Å². The summed E-state index contributed by atoms with van der Waals surface area (Å²) in [4.78, 5) is 0. The van der Waals surface area contributed by atoms with Gasteiger partial charge in [0.2, 0.25) is 0 Å². The van der Waals surface area contributed by atoms with Crippen LogP contribution in [0.4, 0.5) is 0 Å². The lowest BCUT2D eigenvalue weighted by molar-refractivity contribution is 0.418. The third-order valence-corrected chi connectivity index (χ3v) is 2.08. The van der Waals surface area contributed by atoms with E-state index in [0.29, 0.717) is 0 Å². The molecule has 0 aromatic heterocycles. The lowest BCUT2D eigenvalue weighted by Gasteiger charge is -2.29. The van der Waals surface area contributed by atoms with Gasteiger partial charge < -0.3 is 5.73 Å². The predicted molar refractivity (Wildman–Crippen MR) is 44.7 cm³/mol. The van der Waals surface area contributed by atoms with Gasteiger partial charge in [-0.2, -0.15) is 0 Å². The van der Waals surface area contributed by atoms with E-state index in [-0.39, 0.29) is 11.5 Å². The maximum Gasteiger partial charge on any atom is 0.0316 e. The van der Waals surface area contributed by atoms with Crippen molar-refractivity contribution in [2.75, 3.05) is 0 Å². The lowest BCUT2D eigenvalue weighted by Crippen LogP contribution is -2.35. The number of nitrogens with two attached hydrogens (primary N) is 1. The van der Waals surface area contributed by atoms with Gasteiger partial charge in [0, 0.05) is 11.5 Å². The number of rotatable bonds is 0. The summed E-state index contributed by atoms with van der Waals surface area (Å²) in [5.74, 6) is 0. The van der Waals surface area contributed by atoms with Crippen molar-refractivity contribution < 1.29 is 0 Å². The fourth-order valence-corrected chi connectivity index (χ4v) is 1.01. The molecule has 0 bridgehead atoms. The smallest absolute Gasteiger partial charge is 0.0316 e. The molecule has 0 aromatic rings. The minimum absolute atomic E-state index is 0.138. The summed E-state index contributed by atoms with van der Waals surface area (Å²) >= 11 is 0. The first kappa shape index (κ1) is 7.55. The van der Waals surface area contributed by atoms with Crippen LogP contribution in [-0.2, 0) is 0 Å². The first-order valence-electron chi connectivity index (χ1n) is 3.65. The zero-order valence-electron chi connectivity index (χ0n) is 6.89. The molecule has 1 aliphatic carbocycles. The molecule has 0 saturated carbocycles. The predicted octanol–water partition coefficient (Wildman–Crippen LogP) is 1.86. The lowest BCUT2D eigenvalue weighted by atomic mass is 9.80. The van der Waals surface area contributed by atoms with Gasteiger partial charge in [-0.25, -0.2) is 0 Å². The van der Waals surface area contributed by atoms with Crippen LogP contribution in [-0.4, -0.2) is 6.04 Å². The van der Waals surface area contributed by atoms with Crippen LogP contribution in [0.15, 0.2) is 23.8 Å². The van der Waals surface area contributed by atoms with Crippen LogP contribution < -0.4 is 5.73 Å². The minimum atomic E-state index is 0.138. The van der Waals surface area contributed by atoms with Crippen LogP contribution >= 0.6 is 0 Å². The van der Waals surface area contributed by atoms with E-state index >= 15 is 0 Å². The van der Waals surface area contributed by atoms with Crippen molar-refractivity contribution in [1.29, 1.82) is 0 Å². The third kappa shape index (κ3) is 1.29. The van der Waals surface area contributed by atoms with Gasteiger partial charge in [0.15, 0.2) is 0 Å². The molecule has 0 heterocycles. The molecule has 2 N–H and O–H groups in total. The molecule has 1 nitrogen and oxygen atoms in total. The van der Waals surface area contributed by atoms with E-state index in [1.807, 2.05) is 0 Å². The molecule has 56 valence electrons.